The molecule has 0 amide bonds. The van der Waals surface area contributed by atoms with Crippen molar-refractivity contribution in [3.63, 3.8) is 0 Å². The SMILES string of the molecule is Clc1cnc(N2C3CCC2c2cn[nH]c2C3)nc1. The monoisotopic (exact) mass is 261 g/mol. The van der Waals surface area contributed by atoms with E-state index in [4.69, 9.17) is 11.6 Å². The summed E-state index contributed by atoms with van der Waals surface area (Å²) in [5.74, 6) is 0.777. The highest BCUT2D eigenvalue weighted by Gasteiger charge is 2.42. The Morgan fingerprint density at radius 1 is 1.22 bits per heavy atom. The van der Waals surface area contributed by atoms with Crippen molar-refractivity contribution in [2.24, 2.45) is 0 Å². The fourth-order valence-electron chi connectivity index (χ4n) is 3.14. The van der Waals surface area contributed by atoms with Crippen molar-refractivity contribution in [1.82, 2.24) is 20.2 Å². The van der Waals surface area contributed by atoms with Crippen molar-refractivity contribution in [3.05, 3.63) is 34.9 Å². The summed E-state index contributed by atoms with van der Waals surface area (Å²) in [6.07, 6.45) is 8.58. The van der Waals surface area contributed by atoms with Gasteiger partial charge in [-0.2, -0.15) is 5.10 Å². The molecule has 0 radical (unpaired) electrons. The van der Waals surface area contributed by atoms with Gasteiger partial charge in [0.25, 0.3) is 0 Å². The smallest absolute Gasteiger partial charge is 0.226 e. The minimum absolute atomic E-state index is 0.360. The molecule has 92 valence electrons. The number of aromatic amines is 1. The van der Waals surface area contributed by atoms with Crippen LogP contribution in [0.1, 0.15) is 30.1 Å². The van der Waals surface area contributed by atoms with E-state index in [9.17, 15) is 0 Å². The number of H-pyrrole nitrogens is 1. The Hall–Kier alpha value is -1.62. The molecule has 2 atom stereocenters. The number of halogens is 1. The second-order valence-corrected chi connectivity index (χ2v) is 5.30. The second kappa shape index (κ2) is 3.68. The van der Waals surface area contributed by atoms with Crippen molar-refractivity contribution >= 4 is 17.5 Å². The van der Waals surface area contributed by atoms with E-state index in [1.54, 1.807) is 12.4 Å². The number of nitrogens with zero attached hydrogens (tertiary/aromatic N) is 4. The zero-order valence-corrected chi connectivity index (χ0v) is 10.4. The summed E-state index contributed by atoms with van der Waals surface area (Å²) in [6.45, 7) is 0. The molecule has 2 aromatic heterocycles. The van der Waals surface area contributed by atoms with E-state index in [0.29, 0.717) is 17.1 Å². The maximum atomic E-state index is 5.84. The van der Waals surface area contributed by atoms with Crippen LogP contribution in [0.5, 0.6) is 0 Å². The summed E-state index contributed by atoms with van der Waals surface area (Å²) in [5, 5.41) is 7.83. The zero-order chi connectivity index (χ0) is 12.1. The number of aromatic nitrogens is 4. The van der Waals surface area contributed by atoms with Gasteiger partial charge in [0.1, 0.15) is 0 Å². The minimum atomic E-state index is 0.360. The highest BCUT2D eigenvalue weighted by molar-refractivity contribution is 6.30. The molecule has 18 heavy (non-hydrogen) atoms. The van der Waals surface area contributed by atoms with Crippen molar-refractivity contribution in [2.45, 2.75) is 31.3 Å². The van der Waals surface area contributed by atoms with Crippen LogP contribution in [0, 0.1) is 0 Å². The molecule has 4 heterocycles. The molecule has 2 bridgehead atoms. The highest BCUT2D eigenvalue weighted by atomic mass is 35.5. The van der Waals surface area contributed by atoms with Crippen LogP contribution in [0.2, 0.25) is 5.02 Å². The summed E-state index contributed by atoms with van der Waals surface area (Å²) in [5.41, 5.74) is 2.56. The Kier molecular flexibility index (Phi) is 2.11. The van der Waals surface area contributed by atoms with Crippen LogP contribution in [0.15, 0.2) is 18.6 Å². The number of hydrogen-bond donors (Lipinski definition) is 1. The number of rotatable bonds is 1. The van der Waals surface area contributed by atoms with Crippen molar-refractivity contribution in [2.75, 3.05) is 4.90 Å². The lowest BCUT2D eigenvalue weighted by Gasteiger charge is -2.34. The normalized spacial score (nSPS) is 25.3. The Balaban J connectivity index is 1.77. The van der Waals surface area contributed by atoms with Gasteiger partial charge in [-0.25, -0.2) is 9.97 Å². The highest BCUT2D eigenvalue weighted by Crippen LogP contribution is 2.44. The first-order chi connectivity index (χ1) is 8.83. The predicted molar refractivity (Wildman–Crippen MR) is 67.6 cm³/mol. The van der Waals surface area contributed by atoms with Gasteiger partial charge in [-0.3, -0.25) is 5.10 Å². The van der Waals surface area contributed by atoms with Crippen LogP contribution in [0.4, 0.5) is 5.95 Å². The Bertz CT molecular complexity index is 578. The first-order valence-electron chi connectivity index (χ1n) is 6.11. The molecule has 0 saturated carbocycles. The third kappa shape index (κ3) is 1.37. The van der Waals surface area contributed by atoms with Gasteiger partial charge in [-0.05, 0) is 12.8 Å². The zero-order valence-electron chi connectivity index (χ0n) is 9.67. The van der Waals surface area contributed by atoms with Gasteiger partial charge >= 0.3 is 0 Å². The first kappa shape index (κ1) is 10.3. The Morgan fingerprint density at radius 2 is 2.06 bits per heavy atom. The number of anilines is 1. The van der Waals surface area contributed by atoms with Crippen LogP contribution in [0.3, 0.4) is 0 Å². The molecular weight excluding hydrogens is 250 g/mol. The van der Waals surface area contributed by atoms with E-state index in [2.05, 4.69) is 25.1 Å². The maximum Gasteiger partial charge on any atom is 0.226 e. The van der Waals surface area contributed by atoms with Crippen LogP contribution in [-0.4, -0.2) is 26.2 Å². The lowest BCUT2D eigenvalue weighted by atomic mass is 10.0. The third-order valence-corrected chi connectivity index (χ3v) is 4.09. The number of fused-ring (bicyclic) bond motifs is 4. The van der Waals surface area contributed by atoms with Crippen molar-refractivity contribution < 1.29 is 0 Å². The van der Waals surface area contributed by atoms with Gasteiger partial charge < -0.3 is 4.90 Å². The van der Waals surface area contributed by atoms with Gasteiger partial charge in [0, 0.05) is 23.7 Å². The minimum Gasteiger partial charge on any atom is -0.330 e. The number of nitrogens with one attached hydrogen (secondary N) is 1. The fraction of sp³-hybridized carbons (Fsp3) is 0.417. The molecule has 4 rings (SSSR count). The molecule has 6 heteroatoms. The molecule has 1 N–H and O–H groups in total. The van der Waals surface area contributed by atoms with Crippen LogP contribution < -0.4 is 4.90 Å². The molecule has 1 fully saturated rings. The lowest BCUT2D eigenvalue weighted by Crippen LogP contribution is -2.38. The standard InChI is InChI=1S/C12H12ClN5/c13-7-4-14-12(15-5-7)18-8-1-2-11(18)9-6-16-17-10(9)3-8/h4-6,8,11H,1-3H2,(H,16,17). The summed E-state index contributed by atoms with van der Waals surface area (Å²) < 4.78 is 0. The summed E-state index contributed by atoms with van der Waals surface area (Å²) >= 11 is 5.84. The van der Waals surface area contributed by atoms with E-state index in [1.807, 2.05) is 6.20 Å². The summed E-state index contributed by atoms with van der Waals surface area (Å²) in [7, 11) is 0. The topological polar surface area (TPSA) is 57.7 Å². The Labute approximate surface area is 109 Å². The molecular formula is C12H12ClN5. The maximum absolute atomic E-state index is 5.84. The van der Waals surface area contributed by atoms with Gasteiger partial charge in [-0.15, -0.1) is 0 Å². The van der Waals surface area contributed by atoms with Gasteiger partial charge in [0.2, 0.25) is 5.95 Å². The molecule has 0 aliphatic carbocycles. The Morgan fingerprint density at radius 3 is 2.89 bits per heavy atom. The predicted octanol–water partition coefficient (Wildman–Crippen LogP) is 2.12. The van der Waals surface area contributed by atoms with Crippen molar-refractivity contribution in [1.29, 1.82) is 0 Å². The average Bonchev–Trinajstić information content (AvgIpc) is 2.96. The fourth-order valence-corrected chi connectivity index (χ4v) is 3.24. The van der Waals surface area contributed by atoms with E-state index >= 15 is 0 Å². The molecule has 0 spiro atoms. The second-order valence-electron chi connectivity index (χ2n) is 4.86. The van der Waals surface area contributed by atoms with Gasteiger partial charge in [-0.1, -0.05) is 11.6 Å². The van der Waals surface area contributed by atoms with Gasteiger partial charge in [0.15, 0.2) is 0 Å². The van der Waals surface area contributed by atoms with Crippen LogP contribution in [0.25, 0.3) is 0 Å². The quantitative estimate of drug-likeness (QED) is 0.854. The lowest BCUT2D eigenvalue weighted by molar-refractivity contribution is 0.578. The molecule has 2 aromatic rings. The summed E-state index contributed by atoms with van der Waals surface area (Å²) in [6, 6.07) is 0.836. The molecule has 2 aliphatic heterocycles. The average molecular weight is 262 g/mol. The van der Waals surface area contributed by atoms with E-state index in [0.717, 1.165) is 18.8 Å². The molecule has 5 nitrogen and oxygen atoms in total. The largest absolute Gasteiger partial charge is 0.330 e. The van der Waals surface area contributed by atoms with Crippen LogP contribution in [-0.2, 0) is 6.42 Å². The van der Waals surface area contributed by atoms with Crippen LogP contribution >= 0.6 is 11.6 Å². The first-order valence-corrected chi connectivity index (χ1v) is 6.49. The molecule has 0 aromatic carbocycles. The molecule has 2 aliphatic rings. The summed E-state index contributed by atoms with van der Waals surface area (Å²) in [4.78, 5) is 11.0. The van der Waals surface area contributed by atoms with Gasteiger partial charge in [0.05, 0.1) is 29.7 Å². The van der Waals surface area contributed by atoms with Crippen molar-refractivity contribution in [3.8, 4) is 0 Å². The third-order valence-electron chi connectivity index (χ3n) is 3.89. The number of hydrogen-bond acceptors (Lipinski definition) is 4. The van der Waals surface area contributed by atoms with E-state index in [1.165, 1.54) is 17.7 Å². The van der Waals surface area contributed by atoms with E-state index < -0.39 is 0 Å². The molecule has 1 saturated heterocycles. The molecule has 2 unspecified atom stereocenters. The van der Waals surface area contributed by atoms with E-state index in [-0.39, 0.29) is 0 Å².